The van der Waals surface area contributed by atoms with E-state index in [1.807, 2.05) is 0 Å². The number of hydrogen-bond donors (Lipinski definition) is 1. The first-order valence-electron chi connectivity index (χ1n) is 6.49. The fourth-order valence-electron chi connectivity index (χ4n) is 2.34. The van der Waals surface area contributed by atoms with E-state index in [0.29, 0.717) is 17.6 Å². The predicted molar refractivity (Wildman–Crippen MR) is 69.8 cm³/mol. The van der Waals surface area contributed by atoms with Crippen molar-refractivity contribution in [3.8, 4) is 0 Å². The van der Waals surface area contributed by atoms with Gasteiger partial charge < -0.3 is 10.2 Å². The highest BCUT2D eigenvalue weighted by molar-refractivity contribution is 5.47. The van der Waals surface area contributed by atoms with Crippen LogP contribution in [0.5, 0.6) is 0 Å². The van der Waals surface area contributed by atoms with Gasteiger partial charge in [-0.15, -0.1) is 0 Å². The van der Waals surface area contributed by atoms with Crippen molar-refractivity contribution in [3.63, 3.8) is 0 Å². The molecular weight excluding hydrogens is 234 g/mol. The van der Waals surface area contributed by atoms with Crippen molar-refractivity contribution in [1.82, 2.24) is 5.32 Å². The second-order valence-corrected chi connectivity index (χ2v) is 5.28. The fraction of sp³-hybridized carbons (Fsp3) is 0.571. The summed E-state index contributed by atoms with van der Waals surface area (Å²) in [6.07, 6.45) is 0.977. The molecule has 1 N–H and O–H groups in total. The summed E-state index contributed by atoms with van der Waals surface area (Å²) in [7, 11) is 0. The minimum Gasteiger partial charge on any atom is -0.371 e. The molecule has 4 heteroatoms. The Kier molecular flexibility index (Phi) is 4.17. The molecule has 2 atom stereocenters. The number of nitrogens with one attached hydrogen (secondary N) is 1. The highest BCUT2D eigenvalue weighted by atomic mass is 19.1. The summed E-state index contributed by atoms with van der Waals surface area (Å²) in [4.78, 5) is 2.08. The third kappa shape index (κ3) is 3.42. The molecule has 1 saturated heterocycles. The van der Waals surface area contributed by atoms with E-state index in [1.54, 1.807) is 0 Å². The summed E-state index contributed by atoms with van der Waals surface area (Å²) in [6.45, 7) is 6.87. The maximum atomic E-state index is 13.3. The molecule has 1 aliphatic heterocycles. The zero-order chi connectivity index (χ0) is 13.1. The Bertz CT molecular complexity index is 389. The number of nitrogens with zero attached hydrogens (tertiary/aromatic N) is 1. The van der Waals surface area contributed by atoms with E-state index in [4.69, 9.17) is 0 Å². The van der Waals surface area contributed by atoms with Crippen molar-refractivity contribution in [3.05, 3.63) is 29.8 Å². The van der Waals surface area contributed by atoms with Crippen LogP contribution in [-0.2, 0) is 0 Å². The number of anilines is 1. The van der Waals surface area contributed by atoms with E-state index < -0.39 is 11.6 Å². The molecule has 0 amide bonds. The van der Waals surface area contributed by atoms with E-state index in [9.17, 15) is 8.78 Å². The summed E-state index contributed by atoms with van der Waals surface area (Å²) in [5, 5.41) is 3.45. The summed E-state index contributed by atoms with van der Waals surface area (Å²) in [6, 6.07) is 4.18. The molecule has 1 fully saturated rings. The number of hydrogen-bond acceptors (Lipinski definition) is 2. The molecule has 2 unspecified atom stereocenters. The molecule has 18 heavy (non-hydrogen) atoms. The van der Waals surface area contributed by atoms with Gasteiger partial charge in [-0.2, -0.15) is 0 Å². The van der Waals surface area contributed by atoms with Crippen LogP contribution >= 0.6 is 0 Å². The molecular formula is C14H20F2N2. The lowest BCUT2D eigenvalue weighted by molar-refractivity contribution is 0.410. The van der Waals surface area contributed by atoms with Crippen molar-refractivity contribution in [2.45, 2.75) is 26.3 Å². The molecule has 1 heterocycles. The molecule has 0 aromatic heterocycles. The average Bonchev–Trinajstić information content (AvgIpc) is 2.28. The van der Waals surface area contributed by atoms with Crippen LogP contribution in [0.3, 0.4) is 0 Å². The van der Waals surface area contributed by atoms with Crippen LogP contribution in [-0.4, -0.2) is 25.7 Å². The largest absolute Gasteiger partial charge is 0.371 e. The Morgan fingerprint density at radius 3 is 2.50 bits per heavy atom. The van der Waals surface area contributed by atoms with Gasteiger partial charge in [0.05, 0.1) is 0 Å². The van der Waals surface area contributed by atoms with Crippen molar-refractivity contribution >= 4 is 5.69 Å². The van der Waals surface area contributed by atoms with Gasteiger partial charge >= 0.3 is 0 Å². The molecule has 2 rings (SSSR count). The van der Waals surface area contributed by atoms with Crippen molar-refractivity contribution < 1.29 is 8.78 Å². The highest BCUT2D eigenvalue weighted by Crippen LogP contribution is 2.20. The summed E-state index contributed by atoms with van der Waals surface area (Å²) in [5.41, 5.74) is 0.647. The van der Waals surface area contributed by atoms with Crippen LogP contribution in [0.25, 0.3) is 0 Å². The molecule has 0 spiro atoms. The normalized spacial score (nSPS) is 25.7. The monoisotopic (exact) mass is 254 g/mol. The molecule has 0 bridgehead atoms. The second kappa shape index (κ2) is 5.65. The first-order valence-corrected chi connectivity index (χ1v) is 6.49. The molecule has 100 valence electrons. The quantitative estimate of drug-likeness (QED) is 0.829. The van der Waals surface area contributed by atoms with Crippen LogP contribution in [0, 0.1) is 17.6 Å². The van der Waals surface area contributed by atoms with Gasteiger partial charge in [-0.1, -0.05) is 6.92 Å². The first-order chi connectivity index (χ1) is 8.54. The second-order valence-electron chi connectivity index (χ2n) is 5.28. The van der Waals surface area contributed by atoms with Gasteiger partial charge in [-0.05, 0) is 37.9 Å². The van der Waals surface area contributed by atoms with Gasteiger partial charge in [-0.3, -0.25) is 0 Å². The Labute approximate surface area is 107 Å². The summed E-state index contributed by atoms with van der Waals surface area (Å²) >= 11 is 0. The maximum Gasteiger partial charge on any atom is 0.128 e. The van der Waals surface area contributed by atoms with Crippen LogP contribution in [0.15, 0.2) is 18.2 Å². The SMILES string of the molecule is CC1CNC(C)CCN(c2cc(F)cc(F)c2)C1. The zero-order valence-corrected chi connectivity index (χ0v) is 10.9. The van der Waals surface area contributed by atoms with Gasteiger partial charge in [0.25, 0.3) is 0 Å². The summed E-state index contributed by atoms with van der Waals surface area (Å²) in [5.74, 6) is -0.559. The smallest absolute Gasteiger partial charge is 0.128 e. The molecule has 1 aromatic rings. The lowest BCUT2D eigenvalue weighted by atomic mass is 10.1. The lowest BCUT2D eigenvalue weighted by Crippen LogP contribution is -2.42. The van der Waals surface area contributed by atoms with Gasteiger partial charge in [0, 0.05) is 30.9 Å². The topological polar surface area (TPSA) is 15.3 Å². The Morgan fingerprint density at radius 2 is 1.83 bits per heavy atom. The van der Waals surface area contributed by atoms with Gasteiger partial charge in [0.1, 0.15) is 11.6 Å². The van der Waals surface area contributed by atoms with E-state index in [0.717, 1.165) is 32.1 Å². The average molecular weight is 254 g/mol. The molecule has 0 aliphatic carbocycles. The zero-order valence-electron chi connectivity index (χ0n) is 10.9. The standard InChI is InChI=1S/C14H20F2N2/c1-10-8-17-11(2)3-4-18(9-10)14-6-12(15)5-13(16)7-14/h5-7,10-11,17H,3-4,8-9H2,1-2H3. The van der Waals surface area contributed by atoms with E-state index in [-0.39, 0.29) is 0 Å². The van der Waals surface area contributed by atoms with Crippen LogP contribution in [0.4, 0.5) is 14.5 Å². The Hall–Kier alpha value is -1.16. The minimum atomic E-state index is -0.508. The minimum absolute atomic E-state index is 0.439. The van der Waals surface area contributed by atoms with E-state index in [1.165, 1.54) is 12.1 Å². The number of rotatable bonds is 1. The van der Waals surface area contributed by atoms with E-state index >= 15 is 0 Å². The van der Waals surface area contributed by atoms with Crippen molar-refractivity contribution in [1.29, 1.82) is 0 Å². The van der Waals surface area contributed by atoms with Crippen molar-refractivity contribution in [2.24, 2.45) is 5.92 Å². The molecule has 1 aromatic carbocycles. The fourth-order valence-corrected chi connectivity index (χ4v) is 2.34. The predicted octanol–water partition coefficient (Wildman–Crippen LogP) is 2.79. The first kappa shape index (κ1) is 13.3. The maximum absolute atomic E-state index is 13.3. The van der Waals surface area contributed by atoms with Gasteiger partial charge in [0.2, 0.25) is 0 Å². The third-order valence-electron chi connectivity index (χ3n) is 3.39. The van der Waals surface area contributed by atoms with E-state index in [2.05, 4.69) is 24.1 Å². The number of benzene rings is 1. The number of halogens is 2. The Morgan fingerprint density at radius 1 is 1.17 bits per heavy atom. The third-order valence-corrected chi connectivity index (χ3v) is 3.39. The Balaban J connectivity index is 2.18. The van der Waals surface area contributed by atoms with Gasteiger partial charge in [0.15, 0.2) is 0 Å². The summed E-state index contributed by atoms with van der Waals surface area (Å²) < 4.78 is 26.5. The van der Waals surface area contributed by atoms with Crippen molar-refractivity contribution in [2.75, 3.05) is 24.5 Å². The van der Waals surface area contributed by atoms with Crippen LogP contribution in [0.1, 0.15) is 20.3 Å². The van der Waals surface area contributed by atoms with Crippen LogP contribution < -0.4 is 10.2 Å². The molecule has 1 aliphatic rings. The molecule has 0 saturated carbocycles. The molecule has 2 nitrogen and oxygen atoms in total. The molecule has 0 radical (unpaired) electrons. The van der Waals surface area contributed by atoms with Crippen LogP contribution in [0.2, 0.25) is 0 Å². The highest BCUT2D eigenvalue weighted by Gasteiger charge is 2.17. The van der Waals surface area contributed by atoms with Gasteiger partial charge in [-0.25, -0.2) is 8.78 Å². The lowest BCUT2D eigenvalue weighted by Gasteiger charge is -2.32.